The lowest BCUT2D eigenvalue weighted by Gasteiger charge is -2.12. The van der Waals surface area contributed by atoms with Gasteiger partial charge in [-0.05, 0) is 32.7 Å². The molecule has 1 atom stereocenters. The van der Waals surface area contributed by atoms with E-state index in [1.807, 2.05) is 0 Å². The molecular weight excluding hydrogens is 122 g/mol. The Balaban J connectivity index is 2.32. The van der Waals surface area contributed by atoms with Crippen LogP contribution in [0.25, 0.3) is 0 Å². The monoisotopic (exact) mass is 139 g/mol. The van der Waals surface area contributed by atoms with Crippen molar-refractivity contribution in [2.45, 2.75) is 39.2 Å². The van der Waals surface area contributed by atoms with Gasteiger partial charge in [0.25, 0.3) is 0 Å². The van der Waals surface area contributed by atoms with Crippen LogP contribution in [0.15, 0.2) is 11.6 Å². The van der Waals surface area contributed by atoms with Crippen molar-refractivity contribution in [1.29, 1.82) is 0 Å². The van der Waals surface area contributed by atoms with Gasteiger partial charge in [0.05, 0.1) is 0 Å². The summed E-state index contributed by atoms with van der Waals surface area (Å²) in [7, 11) is 0. The number of likely N-dealkylation sites (N-methyl/N-ethyl adjacent to an activating group) is 1. The van der Waals surface area contributed by atoms with E-state index in [0.29, 0.717) is 6.04 Å². The van der Waals surface area contributed by atoms with Crippen LogP contribution in [-0.4, -0.2) is 12.6 Å². The maximum absolute atomic E-state index is 3.42. The first-order valence-electron chi connectivity index (χ1n) is 4.27. The highest BCUT2D eigenvalue weighted by molar-refractivity contribution is 5.13. The molecule has 0 saturated carbocycles. The number of rotatable bonds is 3. The number of hydrogen-bond acceptors (Lipinski definition) is 1. The predicted octanol–water partition coefficient (Wildman–Crippen LogP) is 2.09. The zero-order valence-corrected chi connectivity index (χ0v) is 6.98. The van der Waals surface area contributed by atoms with Crippen LogP contribution in [0.5, 0.6) is 0 Å². The first-order valence-corrected chi connectivity index (χ1v) is 4.27. The first kappa shape index (κ1) is 7.80. The summed E-state index contributed by atoms with van der Waals surface area (Å²) in [6, 6.07) is 0.618. The molecule has 0 aliphatic heterocycles. The van der Waals surface area contributed by atoms with E-state index in [4.69, 9.17) is 0 Å². The van der Waals surface area contributed by atoms with Gasteiger partial charge in [-0.25, -0.2) is 0 Å². The summed E-state index contributed by atoms with van der Waals surface area (Å²) in [6.45, 7) is 5.49. The normalized spacial score (nSPS) is 20.8. The average molecular weight is 139 g/mol. The summed E-state index contributed by atoms with van der Waals surface area (Å²) in [5.41, 5.74) is 1.61. The lowest BCUT2D eigenvalue weighted by atomic mass is 10.1. The second kappa shape index (κ2) is 3.77. The van der Waals surface area contributed by atoms with Gasteiger partial charge in [0.15, 0.2) is 0 Å². The molecule has 0 amide bonds. The van der Waals surface area contributed by atoms with Crippen molar-refractivity contribution in [3.63, 3.8) is 0 Å². The summed E-state index contributed by atoms with van der Waals surface area (Å²) in [6.07, 6.45) is 6.36. The van der Waals surface area contributed by atoms with Crippen molar-refractivity contribution in [2.75, 3.05) is 6.54 Å². The molecule has 1 unspecified atom stereocenters. The van der Waals surface area contributed by atoms with E-state index in [1.165, 1.54) is 19.3 Å². The van der Waals surface area contributed by atoms with Gasteiger partial charge < -0.3 is 5.32 Å². The van der Waals surface area contributed by atoms with Crippen molar-refractivity contribution in [2.24, 2.45) is 0 Å². The van der Waals surface area contributed by atoms with Gasteiger partial charge >= 0.3 is 0 Å². The van der Waals surface area contributed by atoms with E-state index in [1.54, 1.807) is 5.57 Å². The van der Waals surface area contributed by atoms with Crippen molar-refractivity contribution >= 4 is 0 Å². The third-order valence-electron chi connectivity index (χ3n) is 2.14. The van der Waals surface area contributed by atoms with E-state index in [-0.39, 0.29) is 0 Å². The molecule has 1 aliphatic rings. The summed E-state index contributed by atoms with van der Waals surface area (Å²) in [4.78, 5) is 0. The molecule has 0 fully saturated rings. The van der Waals surface area contributed by atoms with Gasteiger partial charge in [0.2, 0.25) is 0 Å². The molecule has 1 rings (SSSR count). The molecule has 1 heteroatoms. The predicted molar refractivity (Wildman–Crippen MR) is 45.1 cm³/mol. The van der Waals surface area contributed by atoms with Gasteiger partial charge in [-0.15, -0.1) is 0 Å². The maximum atomic E-state index is 3.42. The fraction of sp³-hybridized carbons (Fsp3) is 0.778. The molecular formula is C9H17N. The molecule has 10 heavy (non-hydrogen) atoms. The quantitative estimate of drug-likeness (QED) is 0.590. The van der Waals surface area contributed by atoms with Crippen LogP contribution in [0.2, 0.25) is 0 Å². The van der Waals surface area contributed by atoms with Crippen LogP contribution < -0.4 is 5.32 Å². The Morgan fingerprint density at radius 2 is 2.50 bits per heavy atom. The molecule has 1 N–H and O–H groups in total. The summed E-state index contributed by atoms with van der Waals surface area (Å²) >= 11 is 0. The molecule has 0 radical (unpaired) electrons. The zero-order chi connectivity index (χ0) is 7.40. The molecule has 0 saturated heterocycles. The van der Waals surface area contributed by atoms with Crippen LogP contribution in [0.4, 0.5) is 0 Å². The summed E-state index contributed by atoms with van der Waals surface area (Å²) < 4.78 is 0. The molecule has 0 bridgehead atoms. The van der Waals surface area contributed by atoms with Crippen molar-refractivity contribution in [3.05, 3.63) is 11.6 Å². The third-order valence-corrected chi connectivity index (χ3v) is 2.14. The molecule has 0 aromatic heterocycles. The molecule has 0 heterocycles. The standard InChI is InChI=1S/C9H17N/c1-3-10-8(2)9-6-4-5-7-9/h6,8,10H,3-5,7H2,1-2H3. The van der Waals surface area contributed by atoms with E-state index in [2.05, 4.69) is 25.2 Å². The molecule has 0 aromatic rings. The Kier molecular flexibility index (Phi) is 2.94. The van der Waals surface area contributed by atoms with Crippen molar-refractivity contribution in [3.8, 4) is 0 Å². The van der Waals surface area contributed by atoms with Gasteiger partial charge in [-0.3, -0.25) is 0 Å². The van der Waals surface area contributed by atoms with Crippen LogP contribution >= 0.6 is 0 Å². The second-order valence-corrected chi connectivity index (χ2v) is 2.95. The molecule has 58 valence electrons. The molecule has 0 aromatic carbocycles. The topological polar surface area (TPSA) is 12.0 Å². The largest absolute Gasteiger partial charge is 0.311 e. The molecule has 1 nitrogen and oxygen atoms in total. The number of hydrogen-bond donors (Lipinski definition) is 1. The summed E-state index contributed by atoms with van der Waals surface area (Å²) in [5.74, 6) is 0. The van der Waals surface area contributed by atoms with Gasteiger partial charge in [0.1, 0.15) is 0 Å². The smallest absolute Gasteiger partial charge is 0.0250 e. The van der Waals surface area contributed by atoms with E-state index < -0.39 is 0 Å². The fourth-order valence-electron chi connectivity index (χ4n) is 1.53. The first-order chi connectivity index (χ1) is 4.84. The molecule has 0 spiro atoms. The van der Waals surface area contributed by atoms with Crippen molar-refractivity contribution in [1.82, 2.24) is 5.32 Å². The van der Waals surface area contributed by atoms with Gasteiger partial charge in [-0.2, -0.15) is 0 Å². The van der Waals surface area contributed by atoms with Crippen LogP contribution in [0, 0.1) is 0 Å². The summed E-state index contributed by atoms with van der Waals surface area (Å²) in [5, 5.41) is 3.42. The molecule has 1 aliphatic carbocycles. The minimum absolute atomic E-state index is 0.618. The lowest BCUT2D eigenvalue weighted by Crippen LogP contribution is -2.26. The SMILES string of the molecule is CCNC(C)C1=CCCC1. The van der Waals surface area contributed by atoms with E-state index in [9.17, 15) is 0 Å². The minimum Gasteiger partial charge on any atom is -0.311 e. The Bertz CT molecular complexity index is 127. The Hall–Kier alpha value is -0.300. The average Bonchev–Trinajstić information content (AvgIpc) is 2.38. The Morgan fingerprint density at radius 3 is 3.00 bits per heavy atom. The highest BCUT2D eigenvalue weighted by Crippen LogP contribution is 2.20. The highest BCUT2D eigenvalue weighted by Gasteiger charge is 2.10. The lowest BCUT2D eigenvalue weighted by molar-refractivity contribution is 0.619. The minimum atomic E-state index is 0.618. The Labute approximate surface area is 63.5 Å². The zero-order valence-electron chi connectivity index (χ0n) is 6.98. The van der Waals surface area contributed by atoms with E-state index in [0.717, 1.165) is 6.54 Å². The highest BCUT2D eigenvalue weighted by atomic mass is 14.9. The Morgan fingerprint density at radius 1 is 1.70 bits per heavy atom. The number of nitrogens with one attached hydrogen (secondary N) is 1. The van der Waals surface area contributed by atoms with E-state index >= 15 is 0 Å². The van der Waals surface area contributed by atoms with Crippen LogP contribution in [-0.2, 0) is 0 Å². The number of allylic oxidation sites excluding steroid dienone is 1. The second-order valence-electron chi connectivity index (χ2n) is 2.95. The van der Waals surface area contributed by atoms with Crippen LogP contribution in [0.3, 0.4) is 0 Å². The van der Waals surface area contributed by atoms with Crippen LogP contribution in [0.1, 0.15) is 33.1 Å². The van der Waals surface area contributed by atoms with Gasteiger partial charge in [0, 0.05) is 6.04 Å². The third kappa shape index (κ3) is 1.84. The maximum Gasteiger partial charge on any atom is 0.0250 e. The fourth-order valence-corrected chi connectivity index (χ4v) is 1.53. The van der Waals surface area contributed by atoms with Gasteiger partial charge in [-0.1, -0.05) is 18.6 Å². The van der Waals surface area contributed by atoms with Crippen molar-refractivity contribution < 1.29 is 0 Å².